The lowest BCUT2D eigenvalue weighted by Crippen LogP contribution is -2.38. The third-order valence-electron chi connectivity index (χ3n) is 4.78. The SMILES string of the molecule is CC(C)[C@H](N)C(=O)Oc1c(Cl)cccc1-c1cccc(N(C(N)=O)c2c(F)cccc2F)n1. The van der Waals surface area contributed by atoms with Crippen molar-refractivity contribution in [3.05, 3.63) is 71.3 Å². The van der Waals surface area contributed by atoms with Crippen LogP contribution in [0.5, 0.6) is 5.75 Å². The van der Waals surface area contributed by atoms with Crippen LogP contribution in [0.3, 0.4) is 0 Å². The molecule has 7 nitrogen and oxygen atoms in total. The van der Waals surface area contributed by atoms with Gasteiger partial charge < -0.3 is 16.2 Å². The van der Waals surface area contributed by atoms with E-state index in [0.717, 1.165) is 18.2 Å². The number of anilines is 2. The van der Waals surface area contributed by atoms with E-state index >= 15 is 0 Å². The van der Waals surface area contributed by atoms with E-state index < -0.39 is 35.4 Å². The maximum atomic E-state index is 14.4. The predicted molar refractivity (Wildman–Crippen MR) is 121 cm³/mol. The van der Waals surface area contributed by atoms with Crippen LogP contribution >= 0.6 is 11.6 Å². The monoisotopic (exact) mass is 474 g/mol. The molecule has 4 N–H and O–H groups in total. The molecule has 0 spiro atoms. The molecule has 33 heavy (non-hydrogen) atoms. The zero-order valence-corrected chi connectivity index (χ0v) is 18.5. The first-order valence-corrected chi connectivity index (χ1v) is 10.3. The number of nitrogens with zero attached hydrogens (tertiary/aromatic N) is 2. The lowest BCUT2D eigenvalue weighted by molar-refractivity contribution is -0.136. The molecule has 0 aliphatic carbocycles. The largest absolute Gasteiger partial charge is 0.423 e. The van der Waals surface area contributed by atoms with Crippen molar-refractivity contribution in [3.63, 3.8) is 0 Å². The number of halogens is 3. The van der Waals surface area contributed by atoms with Gasteiger partial charge in [0.15, 0.2) is 5.75 Å². The van der Waals surface area contributed by atoms with Gasteiger partial charge in [0.2, 0.25) is 0 Å². The molecule has 1 atom stereocenters. The summed E-state index contributed by atoms with van der Waals surface area (Å²) in [5.74, 6) is -3.01. The molecule has 172 valence electrons. The smallest absolute Gasteiger partial charge is 0.328 e. The molecule has 0 fully saturated rings. The first-order chi connectivity index (χ1) is 15.6. The van der Waals surface area contributed by atoms with Crippen molar-refractivity contribution in [2.75, 3.05) is 4.90 Å². The number of esters is 1. The molecule has 0 unspecified atom stereocenters. The number of urea groups is 1. The second-order valence-electron chi connectivity index (χ2n) is 7.43. The Labute approximate surface area is 193 Å². The van der Waals surface area contributed by atoms with Gasteiger partial charge in [-0.2, -0.15) is 0 Å². The first-order valence-electron chi connectivity index (χ1n) is 9.88. The summed E-state index contributed by atoms with van der Waals surface area (Å²) in [6, 6.07) is 10.2. The van der Waals surface area contributed by atoms with Gasteiger partial charge in [0.1, 0.15) is 29.2 Å². The van der Waals surface area contributed by atoms with Crippen molar-refractivity contribution in [3.8, 4) is 17.0 Å². The Hall–Kier alpha value is -3.56. The number of aromatic nitrogens is 1. The summed E-state index contributed by atoms with van der Waals surface area (Å²) in [6.07, 6.45) is 0. The molecule has 0 saturated heterocycles. The predicted octanol–water partition coefficient (Wildman–Crippen LogP) is 4.79. The highest BCUT2D eigenvalue weighted by Gasteiger charge is 2.26. The Bertz CT molecular complexity index is 1190. The second-order valence-corrected chi connectivity index (χ2v) is 7.84. The molecule has 2 amide bonds. The number of amides is 2. The minimum Gasteiger partial charge on any atom is -0.423 e. The third-order valence-corrected chi connectivity index (χ3v) is 5.08. The van der Waals surface area contributed by atoms with Crippen LogP contribution in [0.25, 0.3) is 11.3 Å². The van der Waals surface area contributed by atoms with Gasteiger partial charge in [0.25, 0.3) is 0 Å². The number of nitrogens with two attached hydrogens (primary N) is 2. The third kappa shape index (κ3) is 5.10. The van der Waals surface area contributed by atoms with E-state index in [1.165, 1.54) is 18.2 Å². The van der Waals surface area contributed by atoms with Crippen LogP contribution in [-0.4, -0.2) is 23.0 Å². The summed E-state index contributed by atoms with van der Waals surface area (Å²) in [5, 5.41) is 0.121. The Morgan fingerprint density at radius 3 is 2.24 bits per heavy atom. The van der Waals surface area contributed by atoms with Crippen LogP contribution in [0.15, 0.2) is 54.6 Å². The van der Waals surface area contributed by atoms with Crippen molar-refractivity contribution in [2.45, 2.75) is 19.9 Å². The normalized spacial score (nSPS) is 11.8. The highest BCUT2D eigenvalue weighted by molar-refractivity contribution is 6.32. The van der Waals surface area contributed by atoms with Gasteiger partial charge in [-0.15, -0.1) is 0 Å². The van der Waals surface area contributed by atoms with E-state index in [-0.39, 0.29) is 28.2 Å². The molecule has 0 bridgehead atoms. The van der Waals surface area contributed by atoms with Crippen molar-refractivity contribution in [1.29, 1.82) is 0 Å². The molecule has 0 aliphatic rings. The summed E-state index contributed by atoms with van der Waals surface area (Å²) in [7, 11) is 0. The number of ether oxygens (including phenoxy) is 1. The van der Waals surface area contributed by atoms with Crippen LogP contribution in [-0.2, 0) is 4.79 Å². The molecule has 0 aliphatic heterocycles. The standard InChI is InChI=1S/C23H21ClF2N4O3/c1-12(2)19(27)22(31)33-21-13(6-3-7-14(21)24)17-10-5-11-18(29-17)30(23(28)32)20-15(25)8-4-9-16(20)26/h3-12,19H,27H2,1-2H3,(H2,28,32)/t19-/m0/s1. The van der Waals surface area contributed by atoms with Crippen LogP contribution in [0, 0.1) is 17.6 Å². The lowest BCUT2D eigenvalue weighted by Gasteiger charge is -2.21. The fourth-order valence-electron chi connectivity index (χ4n) is 2.99. The van der Waals surface area contributed by atoms with Gasteiger partial charge >= 0.3 is 12.0 Å². The van der Waals surface area contributed by atoms with Crippen molar-refractivity contribution in [1.82, 2.24) is 4.98 Å². The van der Waals surface area contributed by atoms with Crippen molar-refractivity contribution in [2.24, 2.45) is 17.4 Å². The number of benzene rings is 2. The molecule has 10 heteroatoms. The first kappa shape index (κ1) is 24.1. The quantitative estimate of drug-likeness (QED) is 0.394. The minimum absolute atomic E-state index is 0.00705. The summed E-state index contributed by atoms with van der Waals surface area (Å²) in [6.45, 7) is 3.54. The van der Waals surface area contributed by atoms with E-state index in [1.807, 2.05) is 0 Å². The molecule has 3 rings (SSSR count). The van der Waals surface area contributed by atoms with Gasteiger partial charge in [-0.3, -0.25) is 0 Å². The number of hydrogen-bond donors (Lipinski definition) is 2. The molecule has 1 heterocycles. The fraction of sp³-hybridized carbons (Fsp3) is 0.174. The molecule has 3 aromatic rings. The number of para-hydroxylation sites is 2. The molecule has 0 saturated carbocycles. The Morgan fingerprint density at radius 2 is 1.64 bits per heavy atom. The van der Waals surface area contributed by atoms with Crippen LogP contribution < -0.4 is 21.1 Å². The van der Waals surface area contributed by atoms with Gasteiger partial charge in [0, 0.05) is 5.56 Å². The van der Waals surface area contributed by atoms with E-state index in [2.05, 4.69) is 4.98 Å². The number of carbonyl (C=O) groups excluding carboxylic acids is 2. The molecule has 2 aromatic carbocycles. The van der Waals surface area contributed by atoms with Crippen LogP contribution in [0.2, 0.25) is 5.02 Å². The van der Waals surface area contributed by atoms with Crippen molar-refractivity contribution >= 4 is 35.1 Å². The molecule has 1 aromatic heterocycles. The van der Waals surface area contributed by atoms with Gasteiger partial charge in [-0.05, 0) is 42.3 Å². The van der Waals surface area contributed by atoms with E-state index in [1.54, 1.807) is 32.0 Å². The maximum absolute atomic E-state index is 14.4. The molecule has 0 radical (unpaired) electrons. The topological polar surface area (TPSA) is 112 Å². The van der Waals surface area contributed by atoms with Gasteiger partial charge in [0.05, 0.1) is 10.7 Å². The number of rotatable bonds is 6. The summed E-state index contributed by atoms with van der Waals surface area (Å²) in [4.78, 5) is 29.5. The maximum Gasteiger partial charge on any atom is 0.328 e. The van der Waals surface area contributed by atoms with Gasteiger partial charge in [-0.1, -0.05) is 43.6 Å². The second kappa shape index (κ2) is 9.93. The number of carbonyl (C=O) groups is 2. The van der Waals surface area contributed by atoms with Crippen molar-refractivity contribution < 1.29 is 23.1 Å². The highest BCUT2D eigenvalue weighted by atomic mass is 35.5. The minimum atomic E-state index is -1.15. The van der Waals surface area contributed by atoms with E-state index in [0.29, 0.717) is 10.5 Å². The Kier molecular flexibility index (Phi) is 7.25. The molecular formula is C23H21ClF2N4O3. The van der Waals surface area contributed by atoms with Crippen LogP contribution in [0.1, 0.15) is 13.8 Å². The highest BCUT2D eigenvalue weighted by Crippen LogP contribution is 2.37. The zero-order chi connectivity index (χ0) is 24.3. The Balaban J connectivity index is 2.10. The van der Waals surface area contributed by atoms with Crippen LogP contribution in [0.4, 0.5) is 25.1 Å². The fourth-order valence-corrected chi connectivity index (χ4v) is 3.21. The van der Waals surface area contributed by atoms with Gasteiger partial charge in [-0.25, -0.2) is 28.3 Å². The lowest BCUT2D eigenvalue weighted by atomic mass is 10.1. The summed E-state index contributed by atoms with van der Waals surface area (Å²) >= 11 is 6.27. The zero-order valence-electron chi connectivity index (χ0n) is 17.8. The average molecular weight is 475 g/mol. The summed E-state index contributed by atoms with van der Waals surface area (Å²) < 4.78 is 34.2. The summed E-state index contributed by atoms with van der Waals surface area (Å²) in [5.41, 5.74) is 11.1. The number of primary amides is 1. The van der Waals surface area contributed by atoms with E-state index in [9.17, 15) is 18.4 Å². The number of hydrogen-bond acceptors (Lipinski definition) is 5. The van der Waals surface area contributed by atoms with E-state index in [4.69, 9.17) is 27.8 Å². The average Bonchev–Trinajstić information content (AvgIpc) is 2.76. The molecular weight excluding hydrogens is 454 g/mol. The Morgan fingerprint density at radius 1 is 1.03 bits per heavy atom. The number of pyridine rings is 1.